The number of rotatable bonds is 5. The third-order valence-corrected chi connectivity index (χ3v) is 3.79. The SMILES string of the molecule is CCCNC(C)c1nnn(-c2ccccc2Br)c1C. The molecule has 1 unspecified atom stereocenters. The molecule has 2 aromatic rings. The molecule has 0 amide bonds. The summed E-state index contributed by atoms with van der Waals surface area (Å²) in [4.78, 5) is 0. The summed E-state index contributed by atoms with van der Waals surface area (Å²) in [5, 5.41) is 12.0. The fourth-order valence-corrected chi connectivity index (χ4v) is 2.50. The van der Waals surface area contributed by atoms with Crippen LogP contribution in [0.25, 0.3) is 5.69 Å². The molecule has 1 atom stereocenters. The minimum Gasteiger partial charge on any atom is -0.309 e. The van der Waals surface area contributed by atoms with E-state index in [1.54, 1.807) is 0 Å². The maximum absolute atomic E-state index is 4.32. The van der Waals surface area contributed by atoms with Crippen molar-refractivity contribution in [1.29, 1.82) is 0 Å². The number of hydrogen-bond donors (Lipinski definition) is 1. The van der Waals surface area contributed by atoms with E-state index in [0.29, 0.717) is 0 Å². The molecule has 1 heterocycles. The van der Waals surface area contributed by atoms with E-state index in [1.165, 1.54) is 0 Å². The highest BCUT2D eigenvalue weighted by molar-refractivity contribution is 9.10. The van der Waals surface area contributed by atoms with E-state index >= 15 is 0 Å². The molecule has 2 rings (SSSR count). The third-order valence-electron chi connectivity index (χ3n) is 3.12. The maximum atomic E-state index is 4.32. The lowest BCUT2D eigenvalue weighted by Gasteiger charge is -2.11. The Hall–Kier alpha value is -1.20. The van der Waals surface area contributed by atoms with Gasteiger partial charge in [-0.3, -0.25) is 0 Å². The molecule has 0 bridgehead atoms. The Morgan fingerprint density at radius 1 is 1.37 bits per heavy atom. The lowest BCUT2D eigenvalue weighted by Crippen LogP contribution is -2.20. The van der Waals surface area contributed by atoms with Crippen LogP contribution in [0.1, 0.15) is 37.7 Å². The van der Waals surface area contributed by atoms with Gasteiger partial charge in [0, 0.05) is 4.47 Å². The van der Waals surface area contributed by atoms with Crippen LogP contribution < -0.4 is 5.32 Å². The van der Waals surface area contributed by atoms with E-state index in [0.717, 1.165) is 34.5 Å². The highest BCUT2D eigenvalue weighted by atomic mass is 79.9. The van der Waals surface area contributed by atoms with Crippen molar-refractivity contribution >= 4 is 15.9 Å². The number of hydrogen-bond acceptors (Lipinski definition) is 3. The van der Waals surface area contributed by atoms with Crippen LogP contribution in [0, 0.1) is 6.92 Å². The lowest BCUT2D eigenvalue weighted by molar-refractivity contribution is 0.555. The van der Waals surface area contributed by atoms with Crippen LogP contribution in [0.2, 0.25) is 0 Å². The quantitative estimate of drug-likeness (QED) is 0.917. The Bertz CT molecular complexity index is 550. The number of para-hydroxylation sites is 1. The zero-order valence-electron chi connectivity index (χ0n) is 11.5. The second-order valence-corrected chi connectivity index (χ2v) is 5.45. The number of nitrogens with zero attached hydrogens (tertiary/aromatic N) is 3. The molecule has 4 nitrogen and oxygen atoms in total. The summed E-state index contributed by atoms with van der Waals surface area (Å²) in [5.41, 5.74) is 3.09. The highest BCUT2D eigenvalue weighted by Crippen LogP contribution is 2.23. The van der Waals surface area contributed by atoms with Crippen LogP contribution in [0.15, 0.2) is 28.7 Å². The van der Waals surface area contributed by atoms with Gasteiger partial charge in [0.2, 0.25) is 0 Å². The molecule has 5 heteroatoms. The van der Waals surface area contributed by atoms with E-state index in [-0.39, 0.29) is 6.04 Å². The second-order valence-electron chi connectivity index (χ2n) is 4.60. The minimum atomic E-state index is 0.219. The standard InChI is InChI=1S/C14H19BrN4/c1-4-9-16-10(2)14-11(3)19(18-17-14)13-8-6-5-7-12(13)15/h5-8,10,16H,4,9H2,1-3H3. The second kappa shape index (κ2) is 6.30. The van der Waals surface area contributed by atoms with Gasteiger partial charge >= 0.3 is 0 Å². The van der Waals surface area contributed by atoms with E-state index in [4.69, 9.17) is 0 Å². The van der Waals surface area contributed by atoms with Gasteiger partial charge in [-0.1, -0.05) is 24.3 Å². The maximum Gasteiger partial charge on any atom is 0.103 e. The first-order valence-corrected chi connectivity index (χ1v) is 7.35. The molecule has 1 aromatic heterocycles. The predicted octanol–water partition coefficient (Wildman–Crippen LogP) is 3.40. The number of benzene rings is 1. The van der Waals surface area contributed by atoms with Gasteiger partial charge < -0.3 is 5.32 Å². The molecule has 0 saturated carbocycles. The Labute approximate surface area is 122 Å². The predicted molar refractivity (Wildman–Crippen MR) is 80.5 cm³/mol. The van der Waals surface area contributed by atoms with Gasteiger partial charge in [-0.15, -0.1) is 5.10 Å². The molecule has 0 aliphatic rings. The minimum absolute atomic E-state index is 0.219. The fraction of sp³-hybridized carbons (Fsp3) is 0.429. The molecule has 0 aliphatic carbocycles. The van der Waals surface area contributed by atoms with Crippen molar-refractivity contribution < 1.29 is 0 Å². The number of aromatic nitrogens is 3. The van der Waals surface area contributed by atoms with E-state index < -0.39 is 0 Å². The average Bonchev–Trinajstić information content (AvgIpc) is 2.78. The summed E-state index contributed by atoms with van der Waals surface area (Å²) in [6.45, 7) is 7.32. The van der Waals surface area contributed by atoms with Crippen molar-refractivity contribution in [3.63, 3.8) is 0 Å². The summed E-state index contributed by atoms with van der Waals surface area (Å²) in [6.07, 6.45) is 1.11. The molecule has 0 saturated heterocycles. The molecule has 19 heavy (non-hydrogen) atoms. The first-order chi connectivity index (χ1) is 9.15. The zero-order chi connectivity index (χ0) is 13.8. The van der Waals surface area contributed by atoms with Gasteiger partial charge in [-0.05, 0) is 54.9 Å². The van der Waals surface area contributed by atoms with Gasteiger partial charge in [-0.25, -0.2) is 4.68 Å². The van der Waals surface area contributed by atoms with E-state index in [2.05, 4.69) is 52.3 Å². The molecule has 0 spiro atoms. The monoisotopic (exact) mass is 322 g/mol. The zero-order valence-corrected chi connectivity index (χ0v) is 13.1. The van der Waals surface area contributed by atoms with Crippen molar-refractivity contribution in [2.45, 2.75) is 33.2 Å². The van der Waals surface area contributed by atoms with Crippen LogP contribution in [-0.2, 0) is 0 Å². The first-order valence-electron chi connectivity index (χ1n) is 6.55. The fourth-order valence-electron chi connectivity index (χ4n) is 2.05. The highest BCUT2D eigenvalue weighted by Gasteiger charge is 2.16. The van der Waals surface area contributed by atoms with Crippen molar-refractivity contribution in [3.05, 3.63) is 40.1 Å². The van der Waals surface area contributed by atoms with Crippen LogP contribution in [0.4, 0.5) is 0 Å². The van der Waals surface area contributed by atoms with Gasteiger partial charge in [0.1, 0.15) is 5.69 Å². The van der Waals surface area contributed by atoms with Crippen molar-refractivity contribution in [2.24, 2.45) is 0 Å². The van der Waals surface area contributed by atoms with Gasteiger partial charge in [0.15, 0.2) is 0 Å². The molecule has 0 radical (unpaired) electrons. The third kappa shape index (κ3) is 3.04. The molecule has 1 aromatic carbocycles. The lowest BCUT2D eigenvalue weighted by atomic mass is 10.2. The first kappa shape index (κ1) is 14.2. The Kier molecular flexibility index (Phi) is 4.71. The topological polar surface area (TPSA) is 42.7 Å². The Balaban J connectivity index is 2.31. The van der Waals surface area contributed by atoms with Crippen molar-refractivity contribution in [1.82, 2.24) is 20.3 Å². The Morgan fingerprint density at radius 2 is 2.11 bits per heavy atom. The van der Waals surface area contributed by atoms with Gasteiger partial charge in [0.25, 0.3) is 0 Å². The summed E-state index contributed by atoms with van der Waals surface area (Å²) < 4.78 is 2.90. The molecule has 1 N–H and O–H groups in total. The summed E-state index contributed by atoms with van der Waals surface area (Å²) in [5.74, 6) is 0. The molecular weight excluding hydrogens is 304 g/mol. The summed E-state index contributed by atoms with van der Waals surface area (Å²) in [7, 11) is 0. The van der Waals surface area contributed by atoms with Crippen LogP contribution in [-0.4, -0.2) is 21.5 Å². The smallest absolute Gasteiger partial charge is 0.103 e. The molecule has 102 valence electrons. The van der Waals surface area contributed by atoms with Crippen LogP contribution in [0.3, 0.4) is 0 Å². The van der Waals surface area contributed by atoms with Crippen molar-refractivity contribution in [3.8, 4) is 5.69 Å². The molecule has 0 aliphatic heterocycles. The number of halogens is 1. The number of nitrogens with one attached hydrogen (secondary N) is 1. The van der Waals surface area contributed by atoms with Crippen molar-refractivity contribution in [2.75, 3.05) is 6.54 Å². The summed E-state index contributed by atoms with van der Waals surface area (Å²) >= 11 is 3.55. The Morgan fingerprint density at radius 3 is 2.79 bits per heavy atom. The van der Waals surface area contributed by atoms with E-state index in [1.807, 2.05) is 28.9 Å². The van der Waals surface area contributed by atoms with Crippen LogP contribution in [0.5, 0.6) is 0 Å². The normalized spacial score (nSPS) is 12.6. The molecule has 0 fully saturated rings. The van der Waals surface area contributed by atoms with Gasteiger partial charge in [0.05, 0.1) is 17.4 Å². The summed E-state index contributed by atoms with van der Waals surface area (Å²) in [6, 6.07) is 8.25. The van der Waals surface area contributed by atoms with Crippen LogP contribution >= 0.6 is 15.9 Å². The molecular formula is C14H19BrN4. The van der Waals surface area contributed by atoms with E-state index in [9.17, 15) is 0 Å². The average molecular weight is 323 g/mol. The largest absolute Gasteiger partial charge is 0.309 e. The van der Waals surface area contributed by atoms with Gasteiger partial charge in [-0.2, -0.15) is 0 Å².